The van der Waals surface area contributed by atoms with Crippen LogP contribution in [0, 0.1) is 6.92 Å². The van der Waals surface area contributed by atoms with E-state index in [1.165, 1.54) is 50.8 Å². The maximum atomic E-state index is 13.2. The Balaban J connectivity index is 1.54. The van der Waals surface area contributed by atoms with E-state index in [9.17, 15) is 22.8 Å². The molecule has 13 heteroatoms. The molecule has 0 radical (unpaired) electrons. The van der Waals surface area contributed by atoms with Crippen molar-refractivity contribution in [3.8, 4) is 5.75 Å². The molecule has 0 unspecified atom stereocenters. The largest absolute Gasteiger partial charge is 0.482 e. The Labute approximate surface area is 213 Å². The number of benzene rings is 1. The van der Waals surface area contributed by atoms with Gasteiger partial charge in [-0.15, -0.1) is 0 Å². The van der Waals surface area contributed by atoms with E-state index in [4.69, 9.17) is 16.3 Å². The van der Waals surface area contributed by atoms with Gasteiger partial charge in [0.25, 0.3) is 17.7 Å². The summed E-state index contributed by atoms with van der Waals surface area (Å²) >= 11 is 6.22. The Morgan fingerprint density at radius 2 is 1.94 bits per heavy atom. The zero-order chi connectivity index (χ0) is 26.2. The van der Waals surface area contributed by atoms with Crippen molar-refractivity contribution in [1.29, 1.82) is 0 Å². The van der Waals surface area contributed by atoms with Crippen LogP contribution in [-0.2, 0) is 31.3 Å². The molecule has 36 heavy (non-hydrogen) atoms. The summed E-state index contributed by atoms with van der Waals surface area (Å²) in [7, 11) is -1.84. The van der Waals surface area contributed by atoms with Crippen LogP contribution in [-0.4, -0.2) is 77.9 Å². The fourth-order valence-corrected chi connectivity index (χ4v) is 5.25. The molecule has 1 aromatic heterocycles. The summed E-state index contributed by atoms with van der Waals surface area (Å²) in [6.45, 7) is 3.29. The number of hydrazine groups is 1. The highest BCUT2D eigenvalue weighted by Crippen LogP contribution is 2.34. The molecule has 1 fully saturated rings. The van der Waals surface area contributed by atoms with E-state index < -0.39 is 27.6 Å². The predicted octanol–water partition coefficient (Wildman–Crippen LogP) is 1.59. The highest BCUT2D eigenvalue weighted by atomic mass is 35.5. The second kappa shape index (κ2) is 9.94. The van der Waals surface area contributed by atoms with E-state index in [0.29, 0.717) is 41.7 Å². The lowest BCUT2D eigenvalue weighted by Gasteiger charge is -2.32. The first-order valence-electron chi connectivity index (χ1n) is 11.3. The number of hydrogen-bond acceptors (Lipinski definition) is 7. The molecule has 0 saturated carbocycles. The topological polar surface area (TPSA) is 122 Å². The number of fused-ring (bicyclic) bond motifs is 1. The van der Waals surface area contributed by atoms with Crippen molar-refractivity contribution >= 4 is 50.9 Å². The average Bonchev–Trinajstić information content (AvgIpc) is 3.44. The highest BCUT2D eigenvalue weighted by Gasteiger charge is 2.34. The Morgan fingerprint density at radius 3 is 2.61 bits per heavy atom. The average molecular weight is 536 g/mol. The molecule has 0 bridgehead atoms. The first kappa shape index (κ1) is 25.7. The summed E-state index contributed by atoms with van der Waals surface area (Å²) in [6, 6.07) is 4.23. The van der Waals surface area contributed by atoms with Crippen LogP contribution in [0.15, 0.2) is 29.2 Å². The molecule has 192 valence electrons. The molecule has 4 rings (SSSR count). The number of hydrogen-bond donors (Lipinski definition) is 0. The van der Waals surface area contributed by atoms with Gasteiger partial charge >= 0.3 is 0 Å². The summed E-state index contributed by atoms with van der Waals surface area (Å²) in [5.74, 6) is -1.18. The number of aryl methyl sites for hydroxylation is 2. The van der Waals surface area contributed by atoms with Gasteiger partial charge in [0, 0.05) is 31.8 Å². The van der Waals surface area contributed by atoms with Crippen LogP contribution in [0.25, 0.3) is 6.08 Å². The molecular weight excluding hydrogens is 510 g/mol. The van der Waals surface area contributed by atoms with Crippen LogP contribution in [0.5, 0.6) is 5.75 Å². The van der Waals surface area contributed by atoms with Gasteiger partial charge in [0.05, 0.1) is 22.0 Å². The number of carbonyl (C=O) groups is 3. The smallest absolute Gasteiger partial charge is 0.265 e. The van der Waals surface area contributed by atoms with Gasteiger partial charge in [-0.05, 0) is 37.6 Å². The van der Waals surface area contributed by atoms with Crippen molar-refractivity contribution < 1.29 is 27.5 Å². The van der Waals surface area contributed by atoms with Crippen LogP contribution in [0.2, 0.25) is 5.15 Å². The fraction of sp³-hybridized carbons (Fsp3) is 0.391. The Bertz CT molecular complexity index is 1370. The standard InChI is InChI=1S/C23H26ClN5O6S/c1-4-36(33,34)16-6-8-19-18(12-16)27(22(32)14-35-19)13-21(31)29-11-5-10-28(29)20(30)9-7-17-15(2)25-26(3)23(17)24/h6-9,12H,4-5,10-11,13-14H2,1-3H3. The minimum atomic E-state index is -3.54. The lowest BCUT2D eigenvalue weighted by Crippen LogP contribution is -2.50. The molecule has 1 aromatic carbocycles. The molecule has 0 spiro atoms. The maximum Gasteiger partial charge on any atom is 0.265 e. The van der Waals surface area contributed by atoms with Gasteiger partial charge < -0.3 is 4.74 Å². The lowest BCUT2D eigenvalue weighted by atomic mass is 10.2. The monoisotopic (exact) mass is 535 g/mol. The van der Waals surface area contributed by atoms with Gasteiger partial charge in [0.2, 0.25) is 0 Å². The molecule has 0 N–H and O–H groups in total. The minimum Gasteiger partial charge on any atom is -0.482 e. The molecule has 2 aliphatic rings. The lowest BCUT2D eigenvalue weighted by molar-refractivity contribution is -0.154. The van der Waals surface area contributed by atoms with Crippen LogP contribution < -0.4 is 9.64 Å². The van der Waals surface area contributed by atoms with Gasteiger partial charge in [0.1, 0.15) is 17.4 Å². The molecule has 11 nitrogen and oxygen atoms in total. The van der Waals surface area contributed by atoms with Crippen molar-refractivity contribution in [2.45, 2.75) is 25.2 Å². The van der Waals surface area contributed by atoms with Crippen molar-refractivity contribution in [2.75, 3.05) is 36.9 Å². The van der Waals surface area contributed by atoms with Gasteiger partial charge in [-0.1, -0.05) is 18.5 Å². The second-order valence-corrected chi connectivity index (χ2v) is 11.0. The van der Waals surface area contributed by atoms with E-state index in [2.05, 4.69) is 5.10 Å². The molecule has 2 aliphatic heterocycles. The number of sulfone groups is 1. The second-order valence-electron chi connectivity index (χ2n) is 8.38. The Kier molecular flexibility index (Phi) is 7.10. The number of halogens is 1. The van der Waals surface area contributed by atoms with Gasteiger partial charge in [0.15, 0.2) is 16.4 Å². The van der Waals surface area contributed by atoms with E-state index in [1.807, 2.05) is 0 Å². The third-order valence-corrected chi connectivity index (χ3v) is 8.25. The van der Waals surface area contributed by atoms with Gasteiger partial charge in [-0.3, -0.25) is 24.0 Å². The van der Waals surface area contributed by atoms with E-state index >= 15 is 0 Å². The molecule has 0 aliphatic carbocycles. The normalized spacial score (nSPS) is 16.0. The first-order valence-corrected chi connectivity index (χ1v) is 13.4. The fourth-order valence-electron chi connectivity index (χ4n) is 4.11. The molecule has 3 heterocycles. The highest BCUT2D eigenvalue weighted by molar-refractivity contribution is 7.91. The maximum absolute atomic E-state index is 13.2. The number of carbonyl (C=O) groups excluding carboxylic acids is 3. The third kappa shape index (κ3) is 4.82. The summed E-state index contributed by atoms with van der Waals surface area (Å²) in [5, 5.41) is 7.22. The number of anilines is 1. The Hall–Kier alpha value is -3.38. The Morgan fingerprint density at radius 1 is 1.22 bits per heavy atom. The van der Waals surface area contributed by atoms with Crippen LogP contribution in [0.3, 0.4) is 0 Å². The molecule has 2 aromatic rings. The summed E-state index contributed by atoms with van der Waals surface area (Å²) in [4.78, 5) is 40.0. The van der Waals surface area contributed by atoms with Gasteiger partial charge in [-0.25, -0.2) is 18.4 Å². The predicted molar refractivity (Wildman–Crippen MR) is 132 cm³/mol. The molecule has 0 atom stereocenters. The van der Waals surface area contributed by atoms with Crippen molar-refractivity contribution in [3.05, 3.63) is 40.7 Å². The number of ether oxygens (including phenoxy) is 1. The van der Waals surface area contributed by atoms with E-state index in [1.54, 1.807) is 20.0 Å². The molecule has 1 saturated heterocycles. The van der Waals surface area contributed by atoms with E-state index in [-0.39, 0.29) is 29.5 Å². The van der Waals surface area contributed by atoms with Gasteiger partial charge in [-0.2, -0.15) is 5.10 Å². The zero-order valence-corrected chi connectivity index (χ0v) is 21.7. The SMILES string of the molecule is CCS(=O)(=O)c1ccc2c(c1)N(CC(=O)N1CCCN1C(=O)C=Cc1c(C)nn(C)c1Cl)C(=O)CO2. The number of nitrogens with zero attached hydrogens (tertiary/aromatic N) is 5. The van der Waals surface area contributed by atoms with Crippen LogP contribution in [0.4, 0.5) is 5.69 Å². The number of amides is 3. The summed E-state index contributed by atoms with van der Waals surface area (Å²) in [5.41, 5.74) is 1.47. The third-order valence-electron chi connectivity index (χ3n) is 6.07. The van der Waals surface area contributed by atoms with Crippen molar-refractivity contribution in [3.63, 3.8) is 0 Å². The summed E-state index contributed by atoms with van der Waals surface area (Å²) < 4.78 is 31.6. The number of aromatic nitrogens is 2. The zero-order valence-electron chi connectivity index (χ0n) is 20.1. The first-order chi connectivity index (χ1) is 17.0. The number of rotatable bonds is 6. The quantitative estimate of drug-likeness (QED) is 0.515. The van der Waals surface area contributed by atoms with E-state index in [0.717, 1.165) is 0 Å². The van der Waals surface area contributed by atoms with Crippen LogP contribution >= 0.6 is 11.6 Å². The van der Waals surface area contributed by atoms with Crippen molar-refractivity contribution in [2.24, 2.45) is 7.05 Å². The van der Waals surface area contributed by atoms with Crippen LogP contribution in [0.1, 0.15) is 24.6 Å². The van der Waals surface area contributed by atoms with Crippen molar-refractivity contribution in [1.82, 2.24) is 19.8 Å². The minimum absolute atomic E-state index is 0.0342. The summed E-state index contributed by atoms with van der Waals surface area (Å²) in [6.07, 6.45) is 3.47. The molecular formula is C23H26ClN5O6S. The molecule has 3 amide bonds.